The molecule has 0 N–H and O–H groups in total. The average Bonchev–Trinajstić information content (AvgIpc) is 2.25. The number of rotatable bonds is 0. The molecule has 0 unspecified atom stereocenters. The molecular weight excluding hydrogens is 140 g/mol. The van der Waals surface area contributed by atoms with Crippen molar-refractivity contribution in [2.75, 3.05) is 0 Å². The van der Waals surface area contributed by atoms with Crippen molar-refractivity contribution in [3.8, 4) is 0 Å². The van der Waals surface area contributed by atoms with E-state index in [1.807, 2.05) is 39.8 Å². The molecule has 0 saturated carbocycles. The van der Waals surface area contributed by atoms with Gasteiger partial charge in [0.05, 0.1) is 0 Å². The smallest absolute Gasteiger partial charge is 0.246 e. The number of allylic oxidation sites excluding steroid dienone is 2. The van der Waals surface area contributed by atoms with Crippen molar-refractivity contribution in [2.24, 2.45) is 0 Å². The molecule has 0 spiro atoms. The van der Waals surface area contributed by atoms with Crippen molar-refractivity contribution in [2.45, 2.75) is 33.5 Å². The normalized spacial score (nSPS) is 28.7. The van der Waals surface area contributed by atoms with Crippen LogP contribution in [-0.4, -0.2) is 5.79 Å². The quantitative estimate of drug-likeness (QED) is 0.534. The highest BCUT2D eigenvalue weighted by molar-refractivity contribution is 5.22. The molecule has 1 aliphatic heterocycles. The summed E-state index contributed by atoms with van der Waals surface area (Å²) in [5.74, 6) is 1.17. The molecular formula is C9H14O2. The minimum absolute atomic E-state index is 0.496. The standard InChI is InChI=1S/C9H14O2/c1-5-7-8(6-2)11-9(3,4)10-7/h5-6H,1-4H3/b7-5-,8-6+. The second-order valence-electron chi connectivity index (χ2n) is 2.91. The summed E-state index contributed by atoms with van der Waals surface area (Å²) in [6, 6.07) is 0. The Morgan fingerprint density at radius 2 is 1.36 bits per heavy atom. The fourth-order valence-corrected chi connectivity index (χ4v) is 1.05. The minimum Gasteiger partial charge on any atom is -0.449 e. The Hall–Kier alpha value is -0.920. The maximum Gasteiger partial charge on any atom is 0.246 e. The number of hydrogen-bond donors (Lipinski definition) is 0. The molecule has 2 nitrogen and oxygen atoms in total. The molecule has 0 aliphatic carbocycles. The molecule has 62 valence electrons. The van der Waals surface area contributed by atoms with E-state index in [0.717, 1.165) is 11.5 Å². The maximum absolute atomic E-state index is 5.47. The second-order valence-corrected chi connectivity index (χ2v) is 2.91. The zero-order valence-electron chi connectivity index (χ0n) is 7.47. The zero-order valence-corrected chi connectivity index (χ0v) is 7.47. The molecule has 2 heteroatoms. The lowest BCUT2D eigenvalue weighted by molar-refractivity contribution is -0.104. The van der Waals surface area contributed by atoms with Crippen LogP contribution in [0.1, 0.15) is 27.7 Å². The predicted octanol–water partition coefficient (Wildman–Crippen LogP) is 2.58. The summed E-state index contributed by atoms with van der Waals surface area (Å²) < 4.78 is 10.9. The third-order valence-electron chi connectivity index (χ3n) is 1.48. The Bertz CT molecular complexity index is 190. The molecule has 1 saturated heterocycles. The Morgan fingerprint density at radius 1 is 1.00 bits per heavy atom. The van der Waals surface area contributed by atoms with Crippen LogP contribution >= 0.6 is 0 Å². The lowest BCUT2D eigenvalue weighted by Crippen LogP contribution is -2.18. The van der Waals surface area contributed by atoms with Gasteiger partial charge in [-0.3, -0.25) is 0 Å². The Kier molecular flexibility index (Phi) is 1.94. The molecule has 0 bridgehead atoms. The largest absolute Gasteiger partial charge is 0.449 e. The highest BCUT2D eigenvalue weighted by Gasteiger charge is 2.32. The zero-order chi connectivity index (χ0) is 8.48. The van der Waals surface area contributed by atoms with Crippen molar-refractivity contribution in [3.05, 3.63) is 23.7 Å². The molecule has 0 aromatic carbocycles. The SMILES string of the molecule is C/C=C1\OC(C)(C)O\C1=C\C. The first-order valence-corrected chi connectivity index (χ1v) is 3.80. The predicted molar refractivity (Wildman–Crippen MR) is 43.8 cm³/mol. The van der Waals surface area contributed by atoms with Crippen LogP contribution in [0.3, 0.4) is 0 Å². The van der Waals surface area contributed by atoms with Gasteiger partial charge in [-0.25, -0.2) is 0 Å². The third kappa shape index (κ3) is 1.56. The molecule has 1 rings (SSSR count). The van der Waals surface area contributed by atoms with Crippen molar-refractivity contribution in [3.63, 3.8) is 0 Å². The van der Waals surface area contributed by atoms with Gasteiger partial charge in [0, 0.05) is 13.8 Å². The van der Waals surface area contributed by atoms with E-state index in [9.17, 15) is 0 Å². The molecule has 0 aromatic rings. The van der Waals surface area contributed by atoms with Gasteiger partial charge in [0.15, 0.2) is 11.5 Å². The molecule has 0 radical (unpaired) electrons. The summed E-state index contributed by atoms with van der Waals surface area (Å²) in [4.78, 5) is 0. The lowest BCUT2D eigenvalue weighted by Gasteiger charge is -2.15. The van der Waals surface area contributed by atoms with Crippen molar-refractivity contribution in [1.29, 1.82) is 0 Å². The molecule has 1 aliphatic rings. The van der Waals surface area contributed by atoms with Crippen LogP contribution in [0, 0.1) is 0 Å². The molecule has 0 amide bonds. The molecule has 1 fully saturated rings. The summed E-state index contributed by atoms with van der Waals surface area (Å²) >= 11 is 0. The van der Waals surface area contributed by atoms with E-state index in [1.165, 1.54) is 0 Å². The van der Waals surface area contributed by atoms with E-state index < -0.39 is 5.79 Å². The van der Waals surface area contributed by atoms with E-state index in [-0.39, 0.29) is 0 Å². The van der Waals surface area contributed by atoms with E-state index in [4.69, 9.17) is 9.47 Å². The summed E-state index contributed by atoms with van der Waals surface area (Å²) in [5, 5.41) is 0. The lowest BCUT2D eigenvalue weighted by atomic mass is 10.4. The summed E-state index contributed by atoms with van der Waals surface area (Å²) in [6.45, 7) is 7.66. The first kappa shape index (κ1) is 8.18. The number of ether oxygens (including phenoxy) is 2. The Labute approximate surface area is 67.5 Å². The fraction of sp³-hybridized carbons (Fsp3) is 0.556. The molecule has 11 heavy (non-hydrogen) atoms. The van der Waals surface area contributed by atoms with Crippen molar-refractivity contribution < 1.29 is 9.47 Å². The van der Waals surface area contributed by atoms with E-state index in [2.05, 4.69) is 0 Å². The van der Waals surface area contributed by atoms with Gasteiger partial charge in [0.25, 0.3) is 0 Å². The Balaban J connectivity index is 2.88. The summed E-state index contributed by atoms with van der Waals surface area (Å²) in [5.41, 5.74) is 0. The van der Waals surface area contributed by atoms with Gasteiger partial charge in [-0.05, 0) is 26.0 Å². The van der Waals surface area contributed by atoms with Gasteiger partial charge in [-0.1, -0.05) is 0 Å². The second kappa shape index (κ2) is 2.61. The van der Waals surface area contributed by atoms with Gasteiger partial charge in [0.1, 0.15) is 0 Å². The summed E-state index contributed by atoms with van der Waals surface area (Å²) in [6.07, 6.45) is 3.81. The van der Waals surface area contributed by atoms with E-state index in [1.54, 1.807) is 0 Å². The fourth-order valence-electron chi connectivity index (χ4n) is 1.05. The highest BCUT2D eigenvalue weighted by atomic mass is 16.7. The molecule has 0 aromatic heterocycles. The van der Waals surface area contributed by atoms with Gasteiger partial charge in [-0.15, -0.1) is 0 Å². The monoisotopic (exact) mass is 154 g/mol. The van der Waals surface area contributed by atoms with Gasteiger partial charge >= 0.3 is 0 Å². The first-order valence-electron chi connectivity index (χ1n) is 3.80. The van der Waals surface area contributed by atoms with Gasteiger partial charge in [0.2, 0.25) is 5.79 Å². The first-order chi connectivity index (χ1) is 5.09. The third-order valence-corrected chi connectivity index (χ3v) is 1.48. The van der Waals surface area contributed by atoms with Gasteiger partial charge < -0.3 is 9.47 Å². The van der Waals surface area contributed by atoms with E-state index in [0.29, 0.717) is 0 Å². The summed E-state index contributed by atoms with van der Waals surface area (Å²) in [7, 11) is 0. The van der Waals surface area contributed by atoms with Crippen LogP contribution in [-0.2, 0) is 9.47 Å². The van der Waals surface area contributed by atoms with Crippen LogP contribution in [0.15, 0.2) is 23.7 Å². The molecule has 0 atom stereocenters. The van der Waals surface area contributed by atoms with Crippen LogP contribution in [0.5, 0.6) is 0 Å². The Morgan fingerprint density at radius 3 is 1.64 bits per heavy atom. The minimum atomic E-state index is -0.496. The topological polar surface area (TPSA) is 18.5 Å². The highest BCUT2D eigenvalue weighted by Crippen LogP contribution is 2.33. The van der Waals surface area contributed by atoms with Crippen LogP contribution in [0.2, 0.25) is 0 Å². The van der Waals surface area contributed by atoms with Crippen molar-refractivity contribution in [1.82, 2.24) is 0 Å². The van der Waals surface area contributed by atoms with Crippen molar-refractivity contribution >= 4 is 0 Å². The maximum atomic E-state index is 5.47. The number of hydrogen-bond acceptors (Lipinski definition) is 2. The molecule has 1 heterocycles. The van der Waals surface area contributed by atoms with Gasteiger partial charge in [-0.2, -0.15) is 0 Å². The van der Waals surface area contributed by atoms with Crippen LogP contribution in [0.4, 0.5) is 0 Å². The average molecular weight is 154 g/mol. The van der Waals surface area contributed by atoms with E-state index >= 15 is 0 Å². The van der Waals surface area contributed by atoms with Crippen LogP contribution < -0.4 is 0 Å². The van der Waals surface area contributed by atoms with Crippen LogP contribution in [0.25, 0.3) is 0 Å².